The first-order chi connectivity index (χ1) is 11.0. The first-order valence-electron chi connectivity index (χ1n) is 6.82. The van der Waals surface area contributed by atoms with Crippen molar-refractivity contribution in [2.24, 2.45) is 0 Å². The zero-order valence-corrected chi connectivity index (χ0v) is 12.8. The van der Waals surface area contributed by atoms with Gasteiger partial charge in [-0.05, 0) is 35.9 Å². The van der Waals surface area contributed by atoms with Crippen LogP contribution < -0.4 is 10.3 Å². The maximum Gasteiger partial charge on any atom is 0.336 e. The summed E-state index contributed by atoms with van der Waals surface area (Å²) in [7, 11) is -3.63. The summed E-state index contributed by atoms with van der Waals surface area (Å²) in [4.78, 5) is 11.1. The Balaban J connectivity index is 1.84. The minimum atomic E-state index is -3.63. The number of anilines is 1. The van der Waals surface area contributed by atoms with Gasteiger partial charge in [0.25, 0.3) is 10.0 Å². The second-order valence-electron chi connectivity index (χ2n) is 4.87. The fraction of sp³-hybridized carbons (Fsp3) is 0. The number of benzene rings is 2. The van der Waals surface area contributed by atoms with Gasteiger partial charge in [-0.3, -0.25) is 4.72 Å². The molecule has 3 rings (SSSR count). The Labute approximate surface area is 132 Å². The third kappa shape index (κ3) is 3.87. The van der Waals surface area contributed by atoms with Gasteiger partial charge in [0.2, 0.25) is 0 Å². The van der Waals surface area contributed by atoms with Gasteiger partial charge in [0, 0.05) is 17.1 Å². The highest BCUT2D eigenvalue weighted by atomic mass is 32.2. The minimum Gasteiger partial charge on any atom is -0.423 e. The van der Waals surface area contributed by atoms with Gasteiger partial charge in [-0.1, -0.05) is 30.3 Å². The normalized spacial score (nSPS) is 11.8. The number of hydrogen-bond donors (Lipinski definition) is 1. The van der Waals surface area contributed by atoms with Crippen LogP contribution >= 0.6 is 0 Å². The molecule has 2 aromatic carbocycles. The van der Waals surface area contributed by atoms with E-state index in [-0.39, 0.29) is 0 Å². The molecule has 23 heavy (non-hydrogen) atoms. The lowest BCUT2D eigenvalue weighted by Gasteiger charge is -2.05. The summed E-state index contributed by atoms with van der Waals surface area (Å²) in [6.07, 6.45) is 1.52. The number of fused-ring (bicyclic) bond motifs is 1. The lowest BCUT2D eigenvalue weighted by molar-refractivity contribution is 0.561. The van der Waals surface area contributed by atoms with Crippen LogP contribution in [0.15, 0.2) is 75.3 Å². The Morgan fingerprint density at radius 2 is 1.74 bits per heavy atom. The highest BCUT2D eigenvalue weighted by Crippen LogP contribution is 2.19. The molecule has 0 spiro atoms. The molecule has 0 saturated heterocycles. The molecule has 0 atom stereocenters. The Bertz CT molecular complexity index is 1020. The van der Waals surface area contributed by atoms with Gasteiger partial charge in [-0.2, -0.15) is 0 Å². The number of rotatable bonds is 4. The molecule has 0 fully saturated rings. The van der Waals surface area contributed by atoms with Crippen molar-refractivity contribution in [2.75, 3.05) is 4.72 Å². The van der Waals surface area contributed by atoms with Gasteiger partial charge < -0.3 is 4.42 Å². The summed E-state index contributed by atoms with van der Waals surface area (Å²) in [5.74, 6) is 0. The third-order valence-electron chi connectivity index (χ3n) is 3.12. The van der Waals surface area contributed by atoms with E-state index >= 15 is 0 Å². The van der Waals surface area contributed by atoms with Crippen molar-refractivity contribution in [1.29, 1.82) is 0 Å². The molecule has 1 aromatic heterocycles. The molecule has 1 N–H and O–H groups in total. The summed E-state index contributed by atoms with van der Waals surface area (Å²) >= 11 is 0. The monoisotopic (exact) mass is 327 g/mol. The van der Waals surface area contributed by atoms with Gasteiger partial charge in [-0.25, -0.2) is 13.2 Å². The molecule has 0 radical (unpaired) electrons. The van der Waals surface area contributed by atoms with Gasteiger partial charge in [0.05, 0.1) is 5.41 Å². The van der Waals surface area contributed by atoms with Crippen LogP contribution in [-0.4, -0.2) is 8.42 Å². The van der Waals surface area contributed by atoms with Crippen LogP contribution in [0.5, 0.6) is 0 Å². The van der Waals surface area contributed by atoms with E-state index in [0.29, 0.717) is 16.7 Å². The Kier molecular flexibility index (Phi) is 3.99. The molecule has 3 aromatic rings. The van der Waals surface area contributed by atoms with E-state index in [4.69, 9.17) is 4.42 Å². The van der Waals surface area contributed by atoms with E-state index in [0.717, 1.165) is 11.0 Å². The SMILES string of the molecule is O=c1ccc2cc(NS(=O)(=O)/C=C/c3ccccc3)ccc2o1. The molecule has 116 valence electrons. The zero-order valence-electron chi connectivity index (χ0n) is 12.0. The molecule has 0 saturated carbocycles. The quantitative estimate of drug-likeness (QED) is 0.747. The van der Waals surface area contributed by atoms with Crippen LogP contribution in [0.25, 0.3) is 17.0 Å². The molecule has 0 amide bonds. The third-order valence-corrected chi connectivity index (χ3v) is 4.13. The molecule has 0 aliphatic heterocycles. The van der Waals surface area contributed by atoms with E-state index in [9.17, 15) is 13.2 Å². The lowest BCUT2D eigenvalue weighted by Crippen LogP contribution is -2.08. The van der Waals surface area contributed by atoms with Crippen molar-refractivity contribution < 1.29 is 12.8 Å². The maximum absolute atomic E-state index is 12.1. The molecule has 6 heteroatoms. The van der Waals surface area contributed by atoms with Crippen LogP contribution in [0.3, 0.4) is 0 Å². The molecule has 5 nitrogen and oxygen atoms in total. The predicted molar refractivity (Wildman–Crippen MR) is 90.5 cm³/mol. The van der Waals surface area contributed by atoms with Crippen molar-refractivity contribution in [3.05, 3.63) is 82.1 Å². The number of nitrogens with one attached hydrogen (secondary N) is 1. The molecule has 0 bridgehead atoms. The number of hydrogen-bond acceptors (Lipinski definition) is 4. The molecule has 1 heterocycles. The molecule has 0 aliphatic rings. The highest BCUT2D eigenvalue weighted by molar-refractivity contribution is 7.95. The number of sulfonamides is 1. The van der Waals surface area contributed by atoms with E-state index in [1.54, 1.807) is 24.3 Å². The standard InChI is InChI=1S/C17H13NO4S/c19-17-9-6-14-12-15(7-8-16(14)22-17)18-23(20,21)11-10-13-4-2-1-3-5-13/h1-12,18H/b11-10+. The van der Waals surface area contributed by atoms with Crippen LogP contribution in [0.1, 0.15) is 5.56 Å². The van der Waals surface area contributed by atoms with Gasteiger partial charge in [0.1, 0.15) is 5.58 Å². The van der Waals surface area contributed by atoms with E-state index in [1.165, 1.54) is 12.1 Å². The minimum absolute atomic E-state index is 0.393. The van der Waals surface area contributed by atoms with Crippen molar-refractivity contribution in [1.82, 2.24) is 0 Å². The van der Waals surface area contributed by atoms with Crippen molar-refractivity contribution in [2.45, 2.75) is 0 Å². The van der Waals surface area contributed by atoms with Gasteiger partial charge in [0.15, 0.2) is 0 Å². The van der Waals surface area contributed by atoms with Crippen LogP contribution in [0.2, 0.25) is 0 Å². The van der Waals surface area contributed by atoms with Crippen LogP contribution in [0, 0.1) is 0 Å². The van der Waals surface area contributed by atoms with Crippen LogP contribution in [-0.2, 0) is 10.0 Å². The first kappa shape index (κ1) is 15.1. The average Bonchev–Trinajstić information content (AvgIpc) is 2.54. The largest absolute Gasteiger partial charge is 0.423 e. The Hall–Kier alpha value is -2.86. The Morgan fingerprint density at radius 3 is 2.52 bits per heavy atom. The molecular formula is C17H13NO4S. The molecule has 0 aliphatic carbocycles. The van der Waals surface area contributed by atoms with E-state index in [2.05, 4.69) is 4.72 Å². The summed E-state index contributed by atoms with van der Waals surface area (Å²) in [5.41, 5.74) is 1.14. The summed E-state index contributed by atoms with van der Waals surface area (Å²) in [5, 5.41) is 1.74. The second kappa shape index (κ2) is 6.10. The van der Waals surface area contributed by atoms with E-state index in [1.807, 2.05) is 30.3 Å². The summed E-state index contributed by atoms with van der Waals surface area (Å²) < 4.78 is 31.7. The molecular weight excluding hydrogens is 314 g/mol. The van der Waals surface area contributed by atoms with Gasteiger partial charge in [-0.15, -0.1) is 0 Å². The van der Waals surface area contributed by atoms with Crippen LogP contribution in [0.4, 0.5) is 5.69 Å². The lowest BCUT2D eigenvalue weighted by atomic mass is 10.2. The van der Waals surface area contributed by atoms with Crippen molar-refractivity contribution in [3.8, 4) is 0 Å². The highest BCUT2D eigenvalue weighted by Gasteiger charge is 2.07. The van der Waals surface area contributed by atoms with E-state index < -0.39 is 15.6 Å². The fourth-order valence-electron chi connectivity index (χ4n) is 2.07. The Morgan fingerprint density at radius 1 is 0.957 bits per heavy atom. The van der Waals surface area contributed by atoms with Crippen molar-refractivity contribution >= 4 is 32.8 Å². The smallest absolute Gasteiger partial charge is 0.336 e. The fourth-order valence-corrected chi connectivity index (χ4v) is 2.93. The van der Waals surface area contributed by atoms with Crippen molar-refractivity contribution in [3.63, 3.8) is 0 Å². The zero-order chi connectivity index (χ0) is 16.3. The average molecular weight is 327 g/mol. The second-order valence-corrected chi connectivity index (χ2v) is 6.43. The molecule has 0 unspecified atom stereocenters. The summed E-state index contributed by atoms with van der Waals surface area (Å²) in [6, 6.07) is 16.7. The topological polar surface area (TPSA) is 76.4 Å². The van der Waals surface area contributed by atoms with Gasteiger partial charge >= 0.3 is 5.63 Å². The summed E-state index contributed by atoms with van der Waals surface area (Å²) in [6.45, 7) is 0. The predicted octanol–water partition coefficient (Wildman–Crippen LogP) is 3.21. The maximum atomic E-state index is 12.1. The first-order valence-corrected chi connectivity index (χ1v) is 8.36.